The zero-order chi connectivity index (χ0) is 26.4. The second-order valence-corrected chi connectivity index (χ2v) is 9.27. The van der Waals surface area contributed by atoms with Gasteiger partial charge in [0.05, 0.1) is 37.5 Å². The van der Waals surface area contributed by atoms with Crippen LogP contribution in [0.25, 0.3) is 0 Å². The van der Waals surface area contributed by atoms with Crippen LogP contribution in [-0.4, -0.2) is 68.5 Å². The van der Waals surface area contributed by atoms with E-state index in [-0.39, 0.29) is 37.3 Å². The number of halogens is 1. The molecule has 0 saturated carbocycles. The van der Waals surface area contributed by atoms with E-state index in [1.54, 1.807) is 57.7 Å². The number of ether oxygens (including phenoxy) is 3. The lowest BCUT2D eigenvalue weighted by Gasteiger charge is -2.26. The van der Waals surface area contributed by atoms with E-state index in [0.29, 0.717) is 28.5 Å². The molecule has 3 aromatic rings. The Hall–Kier alpha value is -3.76. The first kappa shape index (κ1) is 26.3. The highest BCUT2D eigenvalue weighted by Gasteiger charge is 2.35. The van der Waals surface area contributed by atoms with Crippen molar-refractivity contribution in [3.63, 3.8) is 0 Å². The van der Waals surface area contributed by atoms with Gasteiger partial charge in [-0.3, -0.25) is 9.59 Å². The van der Waals surface area contributed by atoms with Gasteiger partial charge in [-0.25, -0.2) is 9.40 Å². The number of carbonyl (C=O) groups excluding carboxylic acids is 2. The molecule has 0 aliphatic carbocycles. The van der Waals surface area contributed by atoms with Gasteiger partial charge in [0, 0.05) is 31.7 Å². The van der Waals surface area contributed by atoms with E-state index in [4.69, 9.17) is 14.2 Å². The van der Waals surface area contributed by atoms with Crippen LogP contribution in [0.15, 0.2) is 65.1 Å². The van der Waals surface area contributed by atoms with Crippen molar-refractivity contribution in [2.45, 2.75) is 12.5 Å². The highest BCUT2D eigenvalue weighted by Crippen LogP contribution is 2.36. The molecule has 2 aromatic carbocycles. The number of rotatable bonds is 10. The average molecular weight is 526 g/mol. The number of benzene rings is 2. The number of hydrogen-bond donors (Lipinski definition) is 0. The minimum atomic E-state index is -0.476. The lowest BCUT2D eigenvalue weighted by atomic mass is 9.97. The third kappa shape index (κ3) is 5.98. The number of amides is 2. The molecule has 37 heavy (non-hydrogen) atoms. The topological polar surface area (TPSA) is 80.7 Å². The zero-order valence-electron chi connectivity index (χ0n) is 20.8. The molecule has 2 heterocycles. The van der Waals surface area contributed by atoms with Crippen molar-refractivity contribution < 1.29 is 28.2 Å². The normalized spacial score (nSPS) is 14.9. The quantitative estimate of drug-likeness (QED) is 0.393. The Morgan fingerprint density at radius 1 is 1.11 bits per heavy atom. The molecule has 0 N–H and O–H groups in total. The smallest absolute Gasteiger partial charge is 0.264 e. The number of hydrazone groups is 1. The summed E-state index contributed by atoms with van der Waals surface area (Å²) >= 11 is 1.31. The van der Waals surface area contributed by atoms with Crippen molar-refractivity contribution in [2.24, 2.45) is 5.10 Å². The van der Waals surface area contributed by atoms with E-state index in [1.165, 1.54) is 33.4 Å². The Bertz CT molecular complexity index is 1260. The van der Waals surface area contributed by atoms with Crippen molar-refractivity contribution in [2.75, 3.05) is 41.0 Å². The van der Waals surface area contributed by atoms with Crippen molar-refractivity contribution in [1.29, 1.82) is 0 Å². The summed E-state index contributed by atoms with van der Waals surface area (Å²) in [6.45, 7) is 0.342. The highest BCUT2D eigenvalue weighted by molar-refractivity contribution is 7.12. The molecule has 1 aliphatic heterocycles. The van der Waals surface area contributed by atoms with Crippen LogP contribution < -0.4 is 9.47 Å². The molecule has 0 spiro atoms. The molecule has 1 aliphatic rings. The van der Waals surface area contributed by atoms with Gasteiger partial charge >= 0.3 is 0 Å². The van der Waals surface area contributed by atoms with Crippen molar-refractivity contribution >= 4 is 28.9 Å². The molecule has 1 aromatic heterocycles. The number of methoxy groups -OCH3 is 3. The second kappa shape index (κ2) is 12.0. The third-order valence-corrected chi connectivity index (χ3v) is 6.91. The monoisotopic (exact) mass is 525 g/mol. The first-order chi connectivity index (χ1) is 17.9. The Kier molecular flexibility index (Phi) is 8.52. The van der Waals surface area contributed by atoms with Crippen molar-refractivity contribution in [1.82, 2.24) is 9.91 Å². The highest BCUT2D eigenvalue weighted by atomic mass is 32.1. The maximum atomic E-state index is 13.7. The van der Waals surface area contributed by atoms with Gasteiger partial charge in [0.15, 0.2) is 0 Å². The maximum Gasteiger partial charge on any atom is 0.264 e. The largest absolute Gasteiger partial charge is 0.497 e. The van der Waals surface area contributed by atoms with Gasteiger partial charge in [-0.1, -0.05) is 18.2 Å². The van der Waals surface area contributed by atoms with Crippen LogP contribution in [0.2, 0.25) is 0 Å². The number of carbonyl (C=O) groups is 2. The Labute approximate surface area is 218 Å². The summed E-state index contributed by atoms with van der Waals surface area (Å²) in [5.74, 6) is 0.199. The van der Waals surface area contributed by atoms with Gasteiger partial charge in [-0.2, -0.15) is 5.10 Å². The molecular weight excluding hydrogens is 497 g/mol. The molecule has 0 fully saturated rings. The van der Waals surface area contributed by atoms with Crippen LogP contribution in [0.5, 0.6) is 11.5 Å². The van der Waals surface area contributed by atoms with E-state index in [0.717, 1.165) is 11.1 Å². The summed E-state index contributed by atoms with van der Waals surface area (Å²) in [7, 11) is 4.66. The second-order valence-electron chi connectivity index (χ2n) is 8.32. The molecule has 194 valence electrons. The molecule has 0 radical (unpaired) electrons. The predicted octanol–water partition coefficient (Wildman–Crippen LogP) is 4.37. The SMILES string of the molecule is COCCN(CC(=O)N1N=C(c2ccc(OC)cc2OC)C[C@@H]1c1ccc(F)cc1)C(=O)c1cccs1. The fourth-order valence-corrected chi connectivity index (χ4v) is 4.82. The van der Waals surface area contributed by atoms with Crippen LogP contribution in [0.3, 0.4) is 0 Å². The van der Waals surface area contributed by atoms with Crippen LogP contribution in [-0.2, 0) is 9.53 Å². The third-order valence-electron chi connectivity index (χ3n) is 6.05. The first-order valence-electron chi connectivity index (χ1n) is 11.6. The molecule has 0 saturated heterocycles. The fourth-order valence-electron chi connectivity index (χ4n) is 4.13. The summed E-state index contributed by atoms with van der Waals surface area (Å²) in [6.07, 6.45) is 0.386. The molecule has 10 heteroatoms. The predicted molar refractivity (Wildman–Crippen MR) is 139 cm³/mol. The summed E-state index contributed by atoms with van der Waals surface area (Å²) < 4.78 is 29.7. The Morgan fingerprint density at radius 2 is 1.89 bits per heavy atom. The van der Waals surface area contributed by atoms with Crippen molar-refractivity contribution in [3.05, 3.63) is 81.8 Å². The molecule has 4 rings (SSSR count). The average Bonchev–Trinajstić information content (AvgIpc) is 3.61. The van der Waals surface area contributed by atoms with Crippen LogP contribution in [0.1, 0.15) is 33.3 Å². The molecule has 1 atom stereocenters. The maximum absolute atomic E-state index is 13.7. The summed E-state index contributed by atoms with van der Waals surface area (Å²) in [5.41, 5.74) is 2.08. The minimum Gasteiger partial charge on any atom is -0.497 e. The van der Waals surface area contributed by atoms with E-state index in [9.17, 15) is 14.0 Å². The number of nitrogens with zero attached hydrogens (tertiary/aromatic N) is 3. The van der Waals surface area contributed by atoms with Gasteiger partial charge in [-0.15, -0.1) is 11.3 Å². The lowest BCUT2D eigenvalue weighted by molar-refractivity contribution is -0.133. The fraction of sp³-hybridized carbons (Fsp3) is 0.296. The molecule has 0 bridgehead atoms. The van der Waals surface area contributed by atoms with E-state index in [1.807, 2.05) is 11.4 Å². The van der Waals surface area contributed by atoms with E-state index >= 15 is 0 Å². The Balaban J connectivity index is 1.66. The van der Waals surface area contributed by atoms with Gasteiger partial charge in [0.2, 0.25) is 0 Å². The summed E-state index contributed by atoms with van der Waals surface area (Å²) in [4.78, 5) is 28.7. The number of thiophene rings is 1. The van der Waals surface area contributed by atoms with Crippen LogP contribution in [0, 0.1) is 5.82 Å². The van der Waals surface area contributed by atoms with E-state index in [2.05, 4.69) is 5.10 Å². The standard InChI is InChI=1S/C27H28FN3O5S/c1-34-13-12-30(27(33)25-5-4-14-37-25)17-26(32)31-23(18-6-8-19(28)9-7-18)16-22(29-31)21-11-10-20(35-2)15-24(21)36-3/h4-11,14-15,23H,12-13,16-17H2,1-3H3/t23-/m1/s1. The van der Waals surface area contributed by atoms with Crippen molar-refractivity contribution in [3.8, 4) is 11.5 Å². The van der Waals surface area contributed by atoms with Crippen LogP contribution >= 0.6 is 11.3 Å². The molecular formula is C27H28FN3O5S. The molecule has 0 unspecified atom stereocenters. The van der Waals surface area contributed by atoms with Gasteiger partial charge in [-0.05, 0) is 41.3 Å². The first-order valence-corrected chi connectivity index (χ1v) is 12.5. The summed E-state index contributed by atoms with van der Waals surface area (Å²) in [6, 6.07) is 14.4. The summed E-state index contributed by atoms with van der Waals surface area (Å²) in [5, 5.41) is 7.87. The molecule has 2 amide bonds. The van der Waals surface area contributed by atoms with Crippen LogP contribution in [0.4, 0.5) is 4.39 Å². The zero-order valence-corrected chi connectivity index (χ0v) is 21.7. The molecule has 8 nitrogen and oxygen atoms in total. The van der Waals surface area contributed by atoms with Gasteiger partial charge in [0.25, 0.3) is 11.8 Å². The van der Waals surface area contributed by atoms with Gasteiger partial charge < -0.3 is 19.1 Å². The Morgan fingerprint density at radius 3 is 2.54 bits per heavy atom. The van der Waals surface area contributed by atoms with Gasteiger partial charge in [0.1, 0.15) is 23.9 Å². The minimum absolute atomic E-state index is 0.186. The number of hydrogen-bond acceptors (Lipinski definition) is 7. The van der Waals surface area contributed by atoms with E-state index < -0.39 is 6.04 Å². The lowest BCUT2D eigenvalue weighted by Crippen LogP contribution is -2.42.